The summed E-state index contributed by atoms with van der Waals surface area (Å²) in [5.41, 5.74) is 4.13. The maximum atomic E-state index is 12.3. The highest BCUT2D eigenvalue weighted by Gasteiger charge is 2.16. The lowest BCUT2D eigenvalue weighted by atomic mass is 10.1. The predicted octanol–water partition coefficient (Wildman–Crippen LogP) is 4.63. The highest BCUT2D eigenvalue weighted by atomic mass is 35.5. The normalized spacial score (nSPS) is 11.2. The molecule has 160 valence electrons. The predicted molar refractivity (Wildman–Crippen MR) is 124 cm³/mol. The molecule has 0 saturated heterocycles. The highest BCUT2D eigenvalue weighted by molar-refractivity contribution is 6.30. The number of amides is 1. The third-order valence-electron chi connectivity index (χ3n) is 5.28. The number of fused-ring (bicyclic) bond motifs is 1. The molecule has 6 nitrogen and oxygen atoms in total. The molecule has 0 saturated carbocycles. The number of nitrogens with zero attached hydrogens (tertiary/aromatic N) is 4. The molecule has 1 aromatic carbocycles. The highest BCUT2D eigenvalue weighted by Crippen LogP contribution is 2.25. The third-order valence-corrected chi connectivity index (χ3v) is 5.53. The van der Waals surface area contributed by atoms with Crippen LogP contribution in [0.3, 0.4) is 0 Å². The van der Waals surface area contributed by atoms with E-state index in [-0.39, 0.29) is 5.91 Å². The van der Waals surface area contributed by atoms with Crippen LogP contribution in [0.15, 0.2) is 54.9 Å². The van der Waals surface area contributed by atoms with Gasteiger partial charge in [0, 0.05) is 42.6 Å². The van der Waals surface area contributed by atoms with E-state index < -0.39 is 0 Å². The number of halogens is 1. The molecule has 3 heterocycles. The smallest absolute Gasteiger partial charge is 0.220 e. The molecule has 31 heavy (non-hydrogen) atoms. The number of aromatic nitrogens is 4. The van der Waals surface area contributed by atoms with Crippen LogP contribution < -0.4 is 5.32 Å². The number of rotatable bonds is 8. The van der Waals surface area contributed by atoms with Crippen molar-refractivity contribution in [1.82, 2.24) is 24.6 Å². The fraction of sp³-hybridized carbons (Fsp3) is 0.292. The Labute approximate surface area is 186 Å². The van der Waals surface area contributed by atoms with Crippen LogP contribution in [0.1, 0.15) is 29.7 Å². The maximum absolute atomic E-state index is 12.3. The number of hydrogen-bond donors (Lipinski definition) is 1. The molecule has 0 spiro atoms. The number of pyridine rings is 1. The maximum Gasteiger partial charge on any atom is 0.220 e. The summed E-state index contributed by atoms with van der Waals surface area (Å²) >= 11 is 5.91. The van der Waals surface area contributed by atoms with Crippen LogP contribution in [0.2, 0.25) is 5.02 Å². The lowest BCUT2D eigenvalue weighted by molar-refractivity contribution is -0.121. The molecule has 0 unspecified atom stereocenters. The van der Waals surface area contributed by atoms with E-state index in [9.17, 15) is 4.79 Å². The summed E-state index contributed by atoms with van der Waals surface area (Å²) in [7, 11) is 0. The van der Waals surface area contributed by atoms with Crippen molar-refractivity contribution in [2.75, 3.05) is 6.54 Å². The second kappa shape index (κ2) is 9.35. The Morgan fingerprint density at radius 3 is 2.61 bits per heavy atom. The van der Waals surface area contributed by atoms with E-state index in [2.05, 4.69) is 18.3 Å². The number of aryl methyl sites for hydroxylation is 3. The van der Waals surface area contributed by atoms with Crippen LogP contribution in [0, 0.1) is 13.8 Å². The topological polar surface area (TPSA) is 64.7 Å². The quantitative estimate of drug-likeness (QED) is 0.438. The standard InChI is InChI=1S/C24H26ClN5O/c1-17-16-18(2)27-23-22(17)24(29-13-3-4-14-29)28-30(23)15-5-6-21(31)26-12-11-19-7-9-20(25)10-8-19/h3-4,7-10,13-14,16H,5-6,11-12,15H2,1-2H3,(H,26,31). The van der Waals surface area contributed by atoms with Gasteiger partial charge in [0.05, 0.1) is 5.39 Å². The first-order chi connectivity index (χ1) is 15.0. The van der Waals surface area contributed by atoms with Gasteiger partial charge >= 0.3 is 0 Å². The summed E-state index contributed by atoms with van der Waals surface area (Å²) in [6.45, 7) is 5.33. The Balaban J connectivity index is 1.37. The van der Waals surface area contributed by atoms with Gasteiger partial charge in [0.1, 0.15) is 0 Å². The fourth-order valence-electron chi connectivity index (χ4n) is 3.78. The number of carbonyl (C=O) groups excluding carboxylic acids is 1. The van der Waals surface area contributed by atoms with Crippen LogP contribution in [0.4, 0.5) is 0 Å². The molecular weight excluding hydrogens is 410 g/mol. The van der Waals surface area contributed by atoms with Crippen molar-refractivity contribution in [3.05, 3.63) is 76.7 Å². The molecule has 7 heteroatoms. The summed E-state index contributed by atoms with van der Waals surface area (Å²) in [6, 6.07) is 13.7. The molecule has 3 aromatic heterocycles. The molecule has 4 aromatic rings. The van der Waals surface area contributed by atoms with E-state index >= 15 is 0 Å². The summed E-state index contributed by atoms with van der Waals surface area (Å²) in [5, 5.41) is 9.58. The van der Waals surface area contributed by atoms with Crippen LogP contribution in [-0.4, -0.2) is 31.8 Å². The molecule has 0 aliphatic rings. The molecule has 0 bridgehead atoms. The zero-order valence-electron chi connectivity index (χ0n) is 17.8. The molecule has 0 aliphatic carbocycles. The van der Waals surface area contributed by atoms with Gasteiger partial charge in [-0.2, -0.15) is 5.10 Å². The molecule has 4 rings (SSSR count). The average molecular weight is 436 g/mol. The minimum atomic E-state index is 0.0522. The van der Waals surface area contributed by atoms with Crippen molar-refractivity contribution in [3.8, 4) is 5.82 Å². The number of hydrogen-bond acceptors (Lipinski definition) is 3. The van der Waals surface area contributed by atoms with E-state index in [4.69, 9.17) is 21.7 Å². The zero-order valence-corrected chi connectivity index (χ0v) is 18.6. The van der Waals surface area contributed by atoms with Crippen LogP contribution >= 0.6 is 11.6 Å². The molecule has 1 amide bonds. The minimum absolute atomic E-state index is 0.0522. The van der Waals surface area contributed by atoms with E-state index in [0.717, 1.165) is 45.1 Å². The molecule has 0 atom stereocenters. The second-order valence-corrected chi connectivity index (χ2v) is 8.18. The monoisotopic (exact) mass is 435 g/mol. The summed E-state index contributed by atoms with van der Waals surface area (Å²) in [6.07, 6.45) is 5.91. The summed E-state index contributed by atoms with van der Waals surface area (Å²) < 4.78 is 3.93. The molecule has 0 fully saturated rings. The molecule has 0 aliphatic heterocycles. The molecule has 1 N–H and O–H groups in total. The first-order valence-corrected chi connectivity index (χ1v) is 10.9. The van der Waals surface area contributed by atoms with Gasteiger partial charge < -0.3 is 9.88 Å². The SMILES string of the molecule is Cc1cc(C)c2c(-n3cccc3)nn(CCCC(=O)NCCc3ccc(Cl)cc3)c2n1. The van der Waals surface area contributed by atoms with Gasteiger partial charge in [-0.25, -0.2) is 9.67 Å². The molecule has 0 radical (unpaired) electrons. The number of nitrogens with one attached hydrogen (secondary N) is 1. The summed E-state index contributed by atoms with van der Waals surface area (Å²) in [4.78, 5) is 17.0. The van der Waals surface area contributed by atoms with Gasteiger partial charge in [-0.15, -0.1) is 0 Å². The van der Waals surface area contributed by atoms with Crippen LogP contribution in [0.5, 0.6) is 0 Å². The van der Waals surface area contributed by atoms with Crippen molar-refractivity contribution in [2.45, 2.75) is 39.7 Å². The van der Waals surface area contributed by atoms with Crippen molar-refractivity contribution in [2.24, 2.45) is 0 Å². The van der Waals surface area contributed by atoms with Gasteiger partial charge in [0.2, 0.25) is 5.91 Å². The van der Waals surface area contributed by atoms with Crippen molar-refractivity contribution >= 4 is 28.5 Å². The van der Waals surface area contributed by atoms with Crippen molar-refractivity contribution < 1.29 is 4.79 Å². The Hall–Kier alpha value is -3.12. The lowest BCUT2D eigenvalue weighted by Crippen LogP contribution is -2.25. The van der Waals surface area contributed by atoms with Crippen molar-refractivity contribution in [3.63, 3.8) is 0 Å². The minimum Gasteiger partial charge on any atom is -0.356 e. The fourth-order valence-corrected chi connectivity index (χ4v) is 3.91. The number of benzene rings is 1. The van der Waals surface area contributed by atoms with Crippen LogP contribution in [0.25, 0.3) is 16.9 Å². The lowest BCUT2D eigenvalue weighted by Gasteiger charge is -2.07. The van der Waals surface area contributed by atoms with Crippen molar-refractivity contribution in [1.29, 1.82) is 0 Å². The van der Waals surface area contributed by atoms with E-state index in [1.165, 1.54) is 0 Å². The summed E-state index contributed by atoms with van der Waals surface area (Å²) in [5.74, 6) is 0.925. The van der Waals surface area contributed by atoms with Crippen LogP contribution in [-0.2, 0) is 17.8 Å². The third kappa shape index (κ3) is 4.97. The van der Waals surface area contributed by atoms with Gasteiger partial charge in [-0.05, 0) is 68.1 Å². The Kier molecular flexibility index (Phi) is 6.37. The van der Waals surface area contributed by atoms with E-state index in [0.29, 0.717) is 25.9 Å². The zero-order chi connectivity index (χ0) is 21.8. The first kappa shape index (κ1) is 21.1. The Bertz CT molecular complexity index is 1180. The second-order valence-electron chi connectivity index (χ2n) is 7.75. The number of carbonyl (C=O) groups is 1. The van der Waals surface area contributed by atoms with Gasteiger partial charge in [-0.3, -0.25) is 4.79 Å². The van der Waals surface area contributed by atoms with Gasteiger partial charge in [0.25, 0.3) is 0 Å². The van der Waals surface area contributed by atoms with E-state index in [1.807, 2.05) is 65.0 Å². The molecular formula is C24H26ClN5O. The largest absolute Gasteiger partial charge is 0.356 e. The average Bonchev–Trinajstić information content (AvgIpc) is 3.38. The van der Waals surface area contributed by atoms with Gasteiger partial charge in [-0.1, -0.05) is 23.7 Å². The van der Waals surface area contributed by atoms with Gasteiger partial charge in [0.15, 0.2) is 11.5 Å². The Morgan fingerprint density at radius 1 is 1.13 bits per heavy atom. The first-order valence-electron chi connectivity index (χ1n) is 10.5. The van der Waals surface area contributed by atoms with E-state index in [1.54, 1.807) is 0 Å². The Morgan fingerprint density at radius 2 is 1.87 bits per heavy atom.